The molecule has 5 heteroatoms. The third-order valence-electron chi connectivity index (χ3n) is 2.90. The summed E-state index contributed by atoms with van der Waals surface area (Å²) in [5.41, 5.74) is 1.12. The van der Waals surface area contributed by atoms with Crippen LogP contribution < -0.4 is 0 Å². The minimum absolute atomic E-state index is 0.162. The average molecular weight is 322 g/mol. The lowest BCUT2D eigenvalue weighted by Gasteiger charge is -2.06. The smallest absolute Gasteiger partial charge is 0.228 e. The van der Waals surface area contributed by atoms with Crippen molar-refractivity contribution in [3.05, 3.63) is 70.9 Å². The molecule has 0 radical (unpaired) electrons. The van der Waals surface area contributed by atoms with E-state index < -0.39 is 0 Å². The molecule has 22 heavy (non-hydrogen) atoms. The standard InChI is InChI=1S/C17H10N2OS2/c18-11-14-16(22-13-9-5-2-6-10-13)19-15(20-17(14)21)12-7-3-1-4-8-12/h1-10H. The number of nitriles is 1. The van der Waals surface area contributed by atoms with Crippen LogP contribution in [0.3, 0.4) is 0 Å². The van der Waals surface area contributed by atoms with Gasteiger partial charge in [0.05, 0.1) is 0 Å². The highest BCUT2D eigenvalue weighted by Gasteiger charge is 2.13. The molecule has 0 N–H and O–H groups in total. The maximum atomic E-state index is 9.31. The second-order valence-corrected chi connectivity index (χ2v) is 5.81. The predicted octanol–water partition coefficient (Wildman–Crippen LogP) is 5.09. The van der Waals surface area contributed by atoms with Gasteiger partial charge in [-0.2, -0.15) is 5.26 Å². The Morgan fingerprint density at radius 2 is 1.64 bits per heavy atom. The van der Waals surface area contributed by atoms with Gasteiger partial charge in [0.15, 0.2) is 0 Å². The Hall–Kier alpha value is -2.42. The van der Waals surface area contributed by atoms with Gasteiger partial charge in [0, 0.05) is 10.5 Å². The lowest BCUT2D eigenvalue weighted by molar-refractivity contribution is 0.518. The fourth-order valence-corrected chi connectivity index (χ4v) is 3.04. The van der Waals surface area contributed by atoms with E-state index in [9.17, 15) is 5.26 Å². The van der Waals surface area contributed by atoms with E-state index in [0.717, 1.165) is 10.5 Å². The van der Waals surface area contributed by atoms with Crippen molar-refractivity contribution in [3.63, 3.8) is 0 Å². The van der Waals surface area contributed by atoms with Crippen LogP contribution in [0.5, 0.6) is 0 Å². The third kappa shape index (κ3) is 3.08. The molecule has 3 aromatic rings. The molecule has 3 rings (SSSR count). The molecule has 0 amide bonds. The maximum absolute atomic E-state index is 9.31. The second-order valence-electron chi connectivity index (χ2n) is 4.38. The summed E-state index contributed by atoms with van der Waals surface area (Å²) in [4.78, 5) is 5.47. The van der Waals surface area contributed by atoms with E-state index in [1.54, 1.807) is 0 Å². The Bertz CT molecular complexity index is 884. The zero-order chi connectivity index (χ0) is 15.4. The first kappa shape index (κ1) is 14.5. The van der Waals surface area contributed by atoms with Crippen molar-refractivity contribution >= 4 is 24.0 Å². The SMILES string of the molecule is N#Cc1c(Sc2ccccc2)nc(-c2ccccc2)oc1=S. The van der Waals surface area contributed by atoms with E-state index in [4.69, 9.17) is 16.6 Å². The molecule has 106 valence electrons. The monoisotopic (exact) mass is 322 g/mol. The van der Waals surface area contributed by atoms with Gasteiger partial charge < -0.3 is 4.42 Å². The highest BCUT2D eigenvalue weighted by molar-refractivity contribution is 7.99. The zero-order valence-corrected chi connectivity index (χ0v) is 13.0. The first-order valence-corrected chi connectivity index (χ1v) is 7.74. The Kier molecular flexibility index (Phi) is 4.33. The fourth-order valence-electron chi connectivity index (χ4n) is 1.87. The number of hydrogen-bond acceptors (Lipinski definition) is 5. The first-order valence-electron chi connectivity index (χ1n) is 6.51. The maximum Gasteiger partial charge on any atom is 0.228 e. The van der Waals surface area contributed by atoms with Crippen molar-refractivity contribution in [1.29, 1.82) is 5.26 Å². The van der Waals surface area contributed by atoms with Gasteiger partial charge in [0.1, 0.15) is 16.7 Å². The lowest BCUT2D eigenvalue weighted by Crippen LogP contribution is -1.92. The molecule has 0 atom stereocenters. The molecule has 0 aliphatic heterocycles. The van der Waals surface area contributed by atoms with Crippen molar-refractivity contribution in [2.45, 2.75) is 9.92 Å². The van der Waals surface area contributed by atoms with Gasteiger partial charge in [0.25, 0.3) is 0 Å². The molecule has 0 fully saturated rings. The van der Waals surface area contributed by atoms with Crippen LogP contribution in [0.2, 0.25) is 0 Å². The Morgan fingerprint density at radius 3 is 2.27 bits per heavy atom. The number of benzene rings is 2. The van der Waals surface area contributed by atoms with E-state index in [1.807, 2.05) is 60.7 Å². The van der Waals surface area contributed by atoms with Crippen LogP contribution in [-0.4, -0.2) is 4.98 Å². The van der Waals surface area contributed by atoms with Gasteiger partial charge in [-0.05, 0) is 36.5 Å². The topological polar surface area (TPSA) is 49.8 Å². The third-order valence-corrected chi connectivity index (χ3v) is 4.18. The molecule has 1 heterocycles. The number of nitrogens with zero attached hydrogens (tertiary/aromatic N) is 2. The van der Waals surface area contributed by atoms with Crippen LogP contribution >= 0.6 is 24.0 Å². The van der Waals surface area contributed by atoms with Gasteiger partial charge in [-0.3, -0.25) is 0 Å². The van der Waals surface area contributed by atoms with E-state index in [-0.39, 0.29) is 4.71 Å². The van der Waals surface area contributed by atoms with Crippen molar-refractivity contribution in [3.8, 4) is 17.5 Å². The normalized spacial score (nSPS) is 10.1. The van der Waals surface area contributed by atoms with Crippen LogP contribution in [0.15, 0.2) is 75.0 Å². The minimum atomic E-state index is 0.162. The highest BCUT2D eigenvalue weighted by Crippen LogP contribution is 2.31. The van der Waals surface area contributed by atoms with Crippen molar-refractivity contribution in [2.75, 3.05) is 0 Å². The lowest BCUT2D eigenvalue weighted by atomic mass is 10.2. The Morgan fingerprint density at radius 1 is 1.00 bits per heavy atom. The van der Waals surface area contributed by atoms with Crippen LogP contribution in [0.4, 0.5) is 0 Å². The van der Waals surface area contributed by atoms with Crippen molar-refractivity contribution < 1.29 is 4.42 Å². The van der Waals surface area contributed by atoms with Gasteiger partial charge in [-0.25, -0.2) is 4.98 Å². The average Bonchev–Trinajstić information content (AvgIpc) is 2.56. The van der Waals surface area contributed by atoms with E-state index in [2.05, 4.69) is 11.1 Å². The molecule has 1 aromatic heterocycles. The molecule has 0 saturated carbocycles. The largest absolute Gasteiger partial charge is 0.425 e. The summed E-state index contributed by atoms with van der Waals surface area (Å²) < 4.78 is 5.69. The van der Waals surface area contributed by atoms with Gasteiger partial charge in [-0.1, -0.05) is 48.2 Å². The minimum Gasteiger partial charge on any atom is -0.425 e. The molecule has 2 aromatic carbocycles. The van der Waals surface area contributed by atoms with Gasteiger partial charge in [0.2, 0.25) is 10.6 Å². The van der Waals surface area contributed by atoms with Crippen molar-refractivity contribution in [1.82, 2.24) is 4.98 Å². The summed E-state index contributed by atoms with van der Waals surface area (Å²) in [5, 5.41) is 9.87. The highest BCUT2D eigenvalue weighted by atomic mass is 32.2. The van der Waals surface area contributed by atoms with Crippen LogP contribution in [0.1, 0.15) is 5.56 Å². The van der Waals surface area contributed by atoms with E-state index in [0.29, 0.717) is 16.5 Å². The summed E-state index contributed by atoms with van der Waals surface area (Å²) in [6, 6.07) is 21.3. The molecular formula is C17H10N2OS2. The molecule has 0 aliphatic rings. The van der Waals surface area contributed by atoms with E-state index >= 15 is 0 Å². The summed E-state index contributed by atoms with van der Waals surface area (Å²) in [5.74, 6) is 0.419. The summed E-state index contributed by atoms with van der Waals surface area (Å²) in [6.07, 6.45) is 0. The number of hydrogen-bond donors (Lipinski definition) is 0. The van der Waals surface area contributed by atoms with Crippen LogP contribution in [0, 0.1) is 16.0 Å². The summed E-state index contributed by atoms with van der Waals surface area (Å²) in [7, 11) is 0. The zero-order valence-electron chi connectivity index (χ0n) is 11.4. The predicted molar refractivity (Wildman–Crippen MR) is 88.1 cm³/mol. The van der Waals surface area contributed by atoms with Gasteiger partial charge in [-0.15, -0.1) is 0 Å². The Labute approximate surface area is 137 Å². The quantitative estimate of drug-likeness (QED) is 0.628. The van der Waals surface area contributed by atoms with Crippen molar-refractivity contribution in [2.24, 2.45) is 0 Å². The molecular weight excluding hydrogens is 312 g/mol. The second kappa shape index (κ2) is 6.56. The summed E-state index contributed by atoms with van der Waals surface area (Å²) >= 11 is 6.60. The Balaban J connectivity index is 2.10. The first-order chi connectivity index (χ1) is 10.8. The molecule has 0 aliphatic carbocycles. The van der Waals surface area contributed by atoms with Crippen LogP contribution in [-0.2, 0) is 0 Å². The number of rotatable bonds is 3. The fraction of sp³-hybridized carbons (Fsp3) is 0. The molecule has 0 unspecified atom stereocenters. The molecule has 3 nitrogen and oxygen atoms in total. The van der Waals surface area contributed by atoms with E-state index in [1.165, 1.54) is 11.8 Å². The van der Waals surface area contributed by atoms with Crippen LogP contribution in [0.25, 0.3) is 11.5 Å². The number of aromatic nitrogens is 1. The molecule has 0 saturated heterocycles. The van der Waals surface area contributed by atoms with Gasteiger partial charge >= 0.3 is 0 Å². The molecule has 0 spiro atoms. The summed E-state index contributed by atoms with van der Waals surface area (Å²) in [6.45, 7) is 0. The molecule has 0 bridgehead atoms.